The maximum absolute atomic E-state index is 12.3. The van der Waals surface area contributed by atoms with E-state index in [0.717, 1.165) is 5.75 Å². The monoisotopic (exact) mass is 301 g/mol. The highest BCUT2D eigenvalue weighted by molar-refractivity contribution is 5.31. The largest absolute Gasteiger partial charge is 0.489 e. The Bertz CT molecular complexity index is 462. The van der Waals surface area contributed by atoms with Gasteiger partial charge < -0.3 is 4.74 Å². The normalized spacial score (nSPS) is 20.8. The van der Waals surface area contributed by atoms with Crippen LogP contribution in [0, 0.1) is 0 Å². The van der Waals surface area contributed by atoms with Crippen molar-refractivity contribution in [3.05, 3.63) is 29.8 Å². The van der Waals surface area contributed by atoms with Crippen molar-refractivity contribution in [2.45, 2.75) is 44.9 Å². The molecule has 1 fully saturated rings. The quantitative estimate of drug-likeness (QED) is 0.836. The predicted octanol–water partition coefficient (Wildman–Crippen LogP) is 4.00. The van der Waals surface area contributed by atoms with Crippen LogP contribution in [0.5, 0.6) is 5.75 Å². The van der Waals surface area contributed by atoms with Gasteiger partial charge in [0.2, 0.25) is 0 Å². The van der Waals surface area contributed by atoms with Gasteiger partial charge in [0, 0.05) is 13.1 Å². The van der Waals surface area contributed by atoms with Gasteiger partial charge in [0.15, 0.2) is 0 Å². The minimum absolute atomic E-state index is 0.0788. The molecular weight excluding hydrogens is 279 g/mol. The van der Waals surface area contributed by atoms with Crippen molar-refractivity contribution in [3.8, 4) is 5.75 Å². The molecule has 1 heterocycles. The second kappa shape index (κ2) is 5.87. The van der Waals surface area contributed by atoms with Gasteiger partial charge >= 0.3 is 6.18 Å². The SMILES string of the molecule is CC(C)(C)c1ccc(OC2CCN(CC(F)(F)F)C2)cc1. The number of alkyl halides is 3. The molecule has 1 aromatic rings. The fourth-order valence-electron chi connectivity index (χ4n) is 2.52. The summed E-state index contributed by atoms with van der Waals surface area (Å²) >= 11 is 0. The Labute approximate surface area is 123 Å². The Morgan fingerprint density at radius 1 is 1.14 bits per heavy atom. The molecule has 21 heavy (non-hydrogen) atoms. The average molecular weight is 301 g/mol. The Kier molecular flexibility index (Phi) is 4.51. The van der Waals surface area contributed by atoms with Crippen LogP contribution in [0.2, 0.25) is 0 Å². The minimum Gasteiger partial charge on any atom is -0.489 e. The molecule has 2 nitrogen and oxygen atoms in total. The number of benzene rings is 1. The predicted molar refractivity (Wildman–Crippen MR) is 76.7 cm³/mol. The lowest BCUT2D eigenvalue weighted by Gasteiger charge is -2.20. The van der Waals surface area contributed by atoms with Crippen LogP contribution in [0.1, 0.15) is 32.8 Å². The molecule has 0 bridgehead atoms. The van der Waals surface area contributed by atoms with Gasteiger partial charge in [-0.15, -0.1) is 0 Å². The van der Waals surface area contributed by atoms with Crippen LogP contribution in [-0.2, 0) is 5.41 Å². The number of nitrogens with zero attached hydrogens (tertiary/aromatic N) is 1. The summed E-state index contributed by atoms with van der Waals surface area (Å²) in [5.41, 5.74) is 1.29. The molecule has 0 N–H and O–H groups in total. The molecule has 0 aliphatic carbocycles. The molecule has 1 aliphatic rings. The van der Waals surface area contributed by atoms with E-state index in [-0.39, 0.29) is 11.5 Å². The smallest absolute Gasteiger partial charge is 0.401 e. The molecular formula is C16H22F3NO. The lowest BCUT2D eigenvalue weighted by molar-refractivity contribution is -0.144. The molecule has 0 aromatic heterocycles. The number of hydrogen-bond donors (Lipinski definition) is 0. The van der Waals surface area contributed by atoms with E-state index in [2.05, 4.69) is 20.8 Å². The second-order valence-electron chi connectivity index (χ2n) is 6.65. The van der Waals surface area contributed by atoms with Gasteiger partial charge in [0.1, 0.15) is 11.9 Å². The molecule has 5 heteroatoms. The molecule has 1 atom stereocenters. The molecule has 1 unspecified atom stereocenters. The van der Waals surface area contributed by atoms with Crippen LogP contribution in [0.3, 0.4) is 0 Å². The molecule has 118 valence electrons. The Morgan fingerprint density at radius 2 is 1.76 bits per heavy atom. The summed E-state index contributed by atoms with van der Waals surface area (Å²) in [4.78, 5) is 1.40. The molecule has 0 spiro atoms. The van der Waals surface area contributed by atoms with Crippen LogP contribution in [-0.4, -0.2) is 36.8 Å². The van der Waals surface area contributed by atoms with Crippen molar-refractivity contribution in [1.29, 1.82) is 0 Å². The summed E-state index contributed by atoms with van der Waals surface area (Å²) in [5.74, 6) is 0.724. The van der Waals surface area contributed by atoms with Gasteiger partial charge in [0.25, 0.3) is 0 Å². The zero-order chi connectivity index (χ0) is 15.7. The van der Waals surface area contributed by atoms with Gasteiger partial charge in [-0.1, -0.05) is 32.9 Å². The summed E-state index contributed by atoms with van der Waals surface area (Å²) < 4.78 is 42.8. The Hall–Kier alpha value is -1.23. The van der Waals surface area contributed by atoms with Crippen LogP contribution in [0.25, 0.3) is 0 Å². The van der Waals surface area contributed by atoms with E-state index in [9.17, 15) is 13.2 Å². The summed E-state index contributed by atoms with van der Waals surface area (Å²) in [5, 5.41) is 0. The van der Waals surface area contributed by atoms with Gasteiger partial charge in [-0.05, 0) is 29.5 Å². The van der Waals surface area contributed by atoms with E-state index in [1.807, 2.05) is 24.3 Å². The molecule has 0 saturated carbocycles. The zero-order valence-electron chi connectivity index (χ0n) is 12.7. The number of ether oxygens (including phenoxy) is 1. The first-order valence-electron chi connectivity index (χ1n) is 7.20. The standard InChI is InChI=1S/C16H22F3NO/c1-15(2,3)12-4-6-13(7-5-12)21-14-8-9-20(10-14)11-16(17,18)19/h4-7,14H,8-11H2,1-3H3. The van der Waals surface area contributed by atoms with Crippen molar-refractivity contribution >= 4 is 0 Å². The Balaban J connectivity index is 1.89. The van der Waals surface area contributed by atoms with Crippen LogP contribution in [0.15, 0.2) is 24.3 Å². The highest BCUT2D eigenvalue weighted by atomic mass is 19.4. The fourth-order valence-corrected chi connectivity index (χ4v) is 2.52. The van der Waals surface area contributed by atoms with Gasteiger partial charge in [-0.2, -0.15) is 13.2 Å². The van der Waals surface area contributed by atoms with Crippen LogP contribution in [0.4, 0.5) is 13.2 Å². The second-order valence-corrected chi connectivity index (χ2v) is 6.65. The van der Waals surface area contributed by atoms with E-state index in [4.69, 9.17) is 4.74 Å². The highest BCUT2D eigenvalue weighted by Crippen LogP contribution is 2.26. The maximum atomic E-state index is 12.3. The number of halogens is 3. The number of rotatable bonds is 3. The third-order valence-electron chi connectivity index (χ3n) is 3.66. The summed E-state index contributed by atoms with van der Waals surface area (Å²) in [7, 11) is 0. The first kappa shape index (κ1) is 16.1. The van der Waals surface area contributed by atoms with Crippen molar-refractivity contribution in [1.82, 2.24) is 4.90 Å². The summed E-state index contributed by atoms with van der Waals surface area (Å²) in [6.07, 6.45) is -3.66. The Morgan fingerprint density at radius 3 is 2.29 bits per heavy atom. The minimum atomic E-state index is -4.14. The van der Waals surface area contributed by atoms with E-state index in [1.54, 1.807) is 0 Å². The molecule has 0 amide bonds. The van der Waals surface area contributed by atoms with Gasteiger partial charge in [-0.3, -0.25) is 4.90 Å². The number of likely N-dealkylation sites (tertiary alicyclic amines) is 1. The maximum Gasteiger partial charge on any atom is 0.401 e. The lowest BCUT2D eigenvalue weighted by atomic mass is 9.87. The molecule has 0 radical (unpaired) electrons. The lowest BCUT2D eigenvalue weighted by Crippen LogP contribution is -2.33. The summed E-state index contributed by atoms with van der Waals surface area (Å²) in [6, 6.07) is 7.82. The van der Waals surface area contributed by atoms with Crippen molar-refractivity contribution < 1.29 is 17.9 Å². The third-order valence-corrected chi connectivity index (χ3v) is 3.66. The van der Waals surface area contributed by atoms with Crippen molar-refractivity contribution in [2.24, 2.45) is 0 Å². The molecule has 1 saturated heterocycles. The highest BCUT2D eigenvalue weighted by Gasteiger charge is 2.34. The molecule has 1 aliphatic heterocycles. The molecule has 2 rings (SSSR count). The summed E-state index contributed by atoms with van der Waals surface area (Å²) in [6.45, 7) is 6.32. The van der Waals surface area contributed by atoms with Crippen molar-refractivity contribution in [2.75, 3.05) is 19.6 Å². The van der Waals surface area contributed by atoms with E-state index < -0.39 is 12.7 Å². The third kappa shape index (κ3) is 4.92. The van der Waals surface area contributed by atoms with Crippen LogP contribution < -0.4 is 4.74 Å². The van der Waals surface area contributed by atoms with Gasteiger partial charge in [-0.25, -0.2) is 0 Å². The van der Waals surface area contributed by atoms with E-state index >= 15 is 0 Å². The number of hydrogen-bond acceptors (Lipinski definition) is 2. The first-order chi connectivity index (χ1) is 9.63. The van der Waals surface area contributed by atoms with E-state index in [1.165, 1.54) is 10.5 Å². The topological polar surface area (TPSA) is 12.5 Å². The van der Waals surface area contributed by atoms with Crippen LogP contribution >= 0.6 is 0 Å². The molecule has 1 aromatic carbocycles. The first-order valence-corrected chi connectivity index (χ1v) is 7.20. The van der Waals surface area contributed by atoms with Gasteiger partial charge in [0.05, 0.1) is 6.54 Å². The van der Waals surface area contributed by atoms with E-state index in [0.29, 0.717) is 19.5 Å². The van der Waals surface area contributed by atoms with Crippen molar-refractivity contribution in [3.63, 3.8) is 0 Å². The average Bonchev–Trinajstić information content (AvgIpc) is 2.73. The zero-order valence-corrected chi connectivity index (χ0v) is 12.7. The fraction of sp³-hybridized carbons (Fsp3) is 0.625.